The Kier molecular flexibility index (Phi) is 2.97. The molecular weight excluding hydrogens is 224 g/mol. The van der Waals surface area contributed by atoms with Crippen LogP contribution in [0.1, 0.15) is 36.9 Å². The van der Waals surface area contributed by atoms with Crippen molar-refractivity contribution in [2.24, 2.45) is 12.8 Å². The summed E-state index contributed by atoms with van der Waals surface area (Å²) in [6.07, 6.45) is 2.68. The van der Waals surface area contributed by atoms with Crippen LogP contribution >= 0.6 is 0 Å². The van der Waals surface area contributed by atoms with Gasteiger partial charge in [0, 0.05) is 43.6 Å². The molecule has 0 unspecified atom stereocenters. The Labute approximate surface area is 100.0 Å². The molecule has 1 aliphatic carbocycles. The predicted octanol–water partition coefficient (Wildman–Crippen LogP) is 2.13. The van der Waals surface area contributed by atoms with E-state index in [0.717, 1.165) is 11.3 Å². The Morgan fingerprint density at radius 2 is 1.94 bits per heavy atom. The Balaban J connectivity index is 2.30. The van der Waals surface area contributed by atoms with Crippen molar-refractivity contribution in [2.45, 2.75) is 43.9 Å². The van der Waals surface area contributed by atoms with Crippen LogP contribution in [0.5, 0.6) is 0 Å². The van der Waals surface area contributed by atoms with Crippen LogP contribution in [-0.4, -0.2) is 22.2 Å². The molecule has 1 aliphatic rings. The van der Waals surface area contributed by atoms with Gasteiger partial charge >= 0.3 is 0 Å². The number of aromatic nitrogens is 2. The third-order valence-electron chi connectivity index (χ3n) is 3.91. The molecule has 3 nitrogen and oxygen atoms in total. The zero-order valence-electron chi connectivity index (χ0n) is 10.3. The third-order valence-corrected chi connectivity index (χ3v) is 3.91. The number of rotatable bonds is 2. The minimum Gasteiger partial charge on any atom is -0.330 e. The average Bonchev–Trinajstić information content (AvgIpc) is 2.60. The van der Waals surface area contributed by atoms with Crippen molar-refractivity contribution in [1.82, 2.24) is 9.78 Å². The summed E-state index contributed by atoms with van der Waals surface area (Å²) in [7, 11) is 1.85. The second-order valence-electron chi connectivity index (χ2n) is 5.14. The van der Waals surface area contributed by atoms with Crippen molar-refractivity contribution in [1.29, 1.82) is 0 Å². The monoisotopic (exact) mass is 243 g/mol. The minimum absolute atomic E-state index is 0.0709. The molecule has 0 radical (unpaired) electrons. The van der Waals surface area contributed by atoms with E-state index in [4.69, 9.17) is 5.73 Å². The first-order chi connectivity index (χ1) is 7.88. The molecule has 2 rings (SSSR count). The lowest BCUT2D eigenvalue weighted by Gasteiger charge is -2.39. The van der Waals surface area contributed by atoms with Gasteiger partial charge < -0.3 is 5.73 Å². The summed E-state index contributed by atoms with van der Waals surface area (Å²) in [5.74, 6) is -2.52. The van der Waals surface area contributed by atoms with Crippen LogP contribution in [0.4, 0.5) is 8.78 Å². The van der Waals surface area contributed by atoms with E-state index in [1.807, 2.05) is 20.2 Å². The van der Waals surface area contributed by atoms with Crippen molar-refractivity contribution in [3.63, 3.8) is 0 Å². The molecule has 0 atom stereocenters. The van der Waals surface area contributed by atoms with Gasteiger partial charge in [0.15, 0.2) is 0 Å². The maximum absolute atomic E-state index is 13.2. The largest absolute Gasteiger partial charge is 0.330 e. The molecule has 96 valence electrons. The maximum Gasteiger partial charge on any atom is 0.248 e. The van der Waals surface area contributed by atoms with E-state index in [2.05, 4.69) is 5.10 Å². The lowest BCUT2D eigenvalue weighted by molar-refractivity contribution is -0.0510. The van der Waals surface area contributed by atoms with E-state index in [1.54, 1.807) is 4.68 Å². The standard InChI is InChI=1S/C12H19F2N3/c1-9-10(7-17(2)16-9)11(8-15)3-5-12(13,14)6-4-11/h7H,3-6,8,15H2,1-2H3. The van der Waals surface area contributed by atoms with Crippen LogP contribution in [0.15, 0.2) is 6.20 Å². The van der Waals surface area contributed by atoms with E-state index in [-0.39, 0.29) is 18.3 Å². The molecule has 0 aromatic carbocycles. The summed E-state index contributed by atoms with van der Waals surface area (Å²) in [5, 5.41) is 4.29. The third kappa shape index (κ3) is 2.20. The molecule has 0 spiro atoms. The Hall–Kier alpha value is -0.970. The molecule has 0 saturated heterocycles. The van der Waals surface area contributed by atoms with Crippen molar-refractivity contribution in [3.05, 3.63) is 17.5 Å². The summed E-state index contributed by atoms with van der Waals surface area (Å²) in [5.41, 5.74) is 7.50. The summed E-state index contributed by atoms with van der Waals surface area (Å²) in [6, 6.07) is 0. The van der Waals surface area contributed by atoms with Crippen molar-refractivity contribution < 1.29 is 8.78 Å². The van der Waals surface area contributed by atoms with E-state index in [0.29, 0.717) is 19.4 Å². The number of halogens is 2. The average molecular weight is 243 g/mol. The number of hydrogen-bond donors (Lipinski definition) is 1. The van der Waals surface area contributed by atoms with Crippen molar-refractivity contribution >= 4 is 0 Å². The van der Waals surface area contributed by atoms with Gasteiger partial charge in [0.05, 0.1) is 5.69 Å². The van der Waals surface area contributed by atoms with Crippen molar-refractivity contribution in [2.75, 3.05) is 6.54 Å². The fraction of sp³-hybridized carbons (Fsp3) is 0.750. The van der Waals surface area contributed by atoms with Gasteiger partial charge in [-0.15, -0.1) is 0 Å². The molecule has 1 heterocycles. The van der Waals surface area contributed by atoms with Crippen LogP contribution in [0.25, 0.3) is 0 Å². The summed E-state index contributed by atoms with van der Waals surface area (Å²) >= 11 is 0. The minimum atomic E-state index is -2.52. The fourth-order valence-electron chi connectivity index (χ4n) is 2.80. The van der Waals surface area contributed by atoms with Crippen LogP contribution in [0.3, 0.4) is 0 Å². The molecule has 0 aliphatic heterocycles. The molecule has 1 aromatic rings. The zero-order valence-corrected chi connectivity index (χ0v) is 10.3. The molecule has 17 heavy (non-hydrogen) atoms. The highest BCUT2D eigenvalue weighted by atomic mass is 19.3. The quantitative estimate of drug-likeness (QED) is 0.864. The number of aryl methyl sites for hydroxylation is 2. The lowest BCUT2D eigenvalue weighted by atomic mass is 9.68. The first-order valence-electron chi connectivity index (χ1n) is 5.97. The molecular formula is C12H19F2N3. The molecule has 1 fully saturated rings. The summed E-state index contributed by atoms with van der Waals surface area (Å²) < 4.78 is 28.2. The highest BCUT2D eigenvalue weighted by Gasteiger charge is 2.44. The van der Waals surface area contributed by atoms with Gasteiger partial charge in [-0.1, -0.05) is 0 Å². The first-order valence-corrected chi connectivity index (χ1v) is 5.97. The molecule has 1 saturated carbocycles. The molecule has 0 amide bonds. The van der Waals surface area contributed by atoms with Crippen LogP contribution < -0.4 is 5.73 Å². The fourth-order valence-corrected chi connectivity index (χ4v) is 2.80. The number of hydrogen-bond acceptors (Lipinski definition) is 2. The van der Waals surface area contributed by atoms with Crippen LogP contribution in [0, 0.1) is 6.92 Å². The van der Waals surface area contributed by atoms with Crippen molar-refractivity contribution in [3.8, 4) is 0 Å². The highest BCUT2D eigenvalue weighted by molar-refractivity contribution is 5.28. The number of nitrogens with zero attached hydrogens (tertiary/aromatic N) is 2. The highest BCUT2D eigenvalue weighted by Crippen LogP contribution is 2.45. The summed E-state index contributed by atoms with van der Waals surface area (Å²) in [6.45, 7) is 2.33. The number of alkyl halides is 2. The Morgan fingerprint density at radius 3 is 2.35 bits per heavy atom. The predicted molar refractivity (Wildman–Crippen MR) is 62.1 cm³/mol. The molecule has 5 heteroatoms. The normalized spacial score (nSPS) is 22.6. The Morgan fingerprint density at radius 1 is 1.35 bits per heavy atom. The molecule has 0 bridgehead atoms. The van der Waals surface area contributed by atoms with Gasteiger partial charge in [-0.05, 0) is 19.8 Å². The smallest absolute Gasteiger partial charge is 0.248 e. The second-order valence-corrected chi connectivity index (χ2v) is 5.14. The Bertz CT molecular complexity index is 402. The van der Waals surface area contributed by atoms with E-state index in [9.17, 15) is 8.78 Å². The van der Waals surface area contributed by atoms with Gasteiger partial charge in [0.25, 0.3) is 0 Å². The topological polar surface area (TPSA) is 43.8 Å². The molecule has 2 N–H and O–H groups in total. The second kappa shape index (κ2) is 4.05. The van der Waals surface area contributed by atoms with Gasteiger partial charge in [-0.3, -0.25) is 4.68 Å². The maximum atomic E-state index is 13.2. The number of nitrogens with two attached hydrogens (primary N) is 1. The zero-order chi connectivity index (χ0) is 12.7. The summed E-state index contributed by atoms with van der Waals surface area (Å²) in [4.78, 5) is 0. The SMILES string of the molecule is Cc1nn(C)cc1C1(CN)CCC(F)(F)CC1. The van der Waals surface area contributed by atoms with Gasteiger partial charge in [-0.2, -0.15) is 5.10 Å². The van der Waals surface area contributed by atoms with Crippen LogP contribution in [0.2, 0.25) is 0 Å². The van der Waals surface area contributed by atoms with Gasteiger partial charge in [-0.25, -0.2) is 8.78 Å². The van der Waals surface area contributed by atoms with E-state index in [1.165, 1.54) is 0 Å². The van der Waals surface area contributed by atoms with Gasteiger partial charge in [0.1, 0.15) is 0 Å². The first kappa shape index (κ1) is 12.5. The molecule has 1 aromatic heterocycles. The van der Waals surface area contributed by atoms with Gasteiger partial charge in [0.2, 0.25) is 5.92 Å². The van der Waals surface area contributed by atoms with E-state index >= 15 is 0 Å². The van der Waals surface area contributed by atoms with E-state index < -0.39 is 5.92 Å². The lowest BCUT2D eigenvalue weighted by Crippen LogP contribution is -2.42. The van der Waals surface area contributed by atoms with Crippen LogP contribution in [-0.2, 0) is 12.5 Å².